The summed E-state index contributed by atoms with van der Waals surface area (Å²) in [5.74, 6) is 3.27. The molecule has 3 aliphatic rings. The number of terminal acetylenes is 1. The van der Waals surface area contributed by atoms with Gasteiger partial charge >= 0.3 is 0 Å². The smallest absolute Gasteiger partial charge is 0.224 e. The highest BCUT2D eigenvalue weighted by atomic mass is 19.1. The van der Waals surface area contributed by atoms with Gasteiger partial charge in [-0.1, -0.05) is 18.1 Å². The molecule has 0 saturated heterocycles. The number of hydrogen-bond donors (Lipinski definition) is 2. The quantitative estimate of drug-likeness (QED) is 0.562. The van der Waals surface area contributed by atoms with Crippen LogP contribution in [0, 0.1) is 29.5 Å². The highest BCUT2D eigenvalue weighted by molar-refractivity contribution is 5.95. The first-order valence-electron chi connectivity index (χ1n) is 9.59. The molecule has 5 rings (SSSR count). The van der Waals surface area contributed by atoms with Gasteiger partial charge in [-0.15, -0.1) is 6.42 Å². The molecule has 2 aromatic carbocycles. The summed E-state index contributed by atoms with van der Waals surface area (Å²) in [6.07, 6.45) is 9.68. The molecule has 0 aromatic heterocycles. The van der Waals surface area contributed by atoms with Gasteiger partial charge in [-0.2, -0.15) is 0 Å². The zero-order valence-electron chi connectivity index (χ0n) is 15.7. The van der Waals surface area contributed by atoms with Gasteiger partial charge in [-0.25, -0.2) is 4.39 Å². The van der Waals surface area contributed by atoms with Gasteiger partial charge in [0.25, 0.3) is 0 Å². The zero-order chi connectivity index (χ0) is 19.7. The number of rotatable bonds is 7. The Kier molecular flexibility index (Phi) is 4.72. The Morgan fingerprint density at radius 1 is 1.25 bits per heavy atom. The van der Waals surface area contributed by atoms with Gasteiger partial charge in [0.05, 0.1) is 17.9 Å². The Morgan fingerprint density at radius 3 is 2.54 bits per heavy atom. The number of anilines is 3. The van der Waals surface area contributed by atoms with E-state index in [0.29, 0.717) is 30.9 Å². The third kappa shape index (κ3) is 3.68. The van der Waals surface area contributed by atoms with Crippen molar-refractivity contribution in [3.05, 3.63) is 53.8 Å². The van der Waals surface area contributed by atoms with Crippen LogP contribution >= 0.6 is 0 Å². The molecule has 1 amide bonds. The minimum absolute atomic E-state index is 0.0318. The SMILES string of the molecule is C#CCN(Cc1ccc(F)cc1)c1ccc(NC(=O)CC23CC(C2)C3)c(N)c1. The predicted octanol–water partition coefficient (Wildman–Crippen LogP) is 4.18. The molecule has 2 bridgehead atoms. The maximum atomic E-state index is 13.1. The summed E-state index contributed by atoms with van der Waals surface area (Å²) in [6.45, 7) is 0.936. The summed E-state index contributed by atoms with van der Waals surface area (Å²) in [4.78, 5) is 14.3. The monoisotopic (exact) mass is 377 g/mol. The van der Waals surface area contributed by atoms with E-state index in [0.717, 1.165) is 17.2 Å². The maximum Gasteiger partial charge on any atom is 0.224 e. The normalized spacial score (nSPS) is 21.8. The van der Waals surface area contributed by atoms with Crippen LogP contribution < -0.4 is 16.0 Å². The minimum Gasteiger partial charge on any atom is -0.397 e. The molecular formula is C23H24FN3O. The first-order valence-corrected chi connectivity index (χ1v) is 9.59. The summed E-state index contributed by atoms with van der Waals surface area (Å²) in [6, 6.07) is 11.9. The number of nitrogen functional groups attached to an aromatic ring is 1. The first-order chi connectivity index (χ1) is 13.5. The zero-order valence-corrected chi connectivity index (χ0v) is 15.7. The highest BCUT2D eigenvalue weighted by Crippen LogP contribution is 2.66. The van der Waals surface area contributed by atoms with Crippen LogP contribution in [-0.2, 0) is 11.3 Å². The molecule has 28 heavy (non-hydrogen) atoms. The lowest BCUT2D eigenvalue weighted by atomic mass is 9.43. The van der Waals surface area contributed by atoms with Crippen LogP contribution in [0.1, 0.15) is 31.2 Å². The standard InChI is InChI=1S/C23H24FN3O/c1-2-9-27(15-16-3-5-18(24)6-4-16)19-7-8-21(20(25)10-19)26-22(28)14-23-11-17(12-23)13-23/h1,3-8,10,17H,9,11-15,25H2,(H,26,28). The predicted molar refractivity (Wildman–Crippen MR) is 110 cm³/mol. The van der Waals surface area contributed by atoms with Crippen LogP contribution in [0.2, 0.25) is 0 Å². The third-order valence-electron chi connectivity index (χ3n) is 5.94. The van der Waals surface area contributed by atoms with Crippen LogP contribution in [-0.4, -0.2) is 12.5 Å². The van der Waals surface area contributed by atoms with Crippen molar-refractivity contribution in [3.8, 4) is 12.3 Å². The maximum absolute atomic E-state index is 13.1. The molecule has 0 spiro atoms. The van der Waals surface area contributed by atoms with E-state index in [-0.39, 0.29) is 17.1 Å². The Morgan fingerprint density at radius 2 is 1.96 bits per heavy atom. The lowest BCUT2D eigenvalue weighted by molar-refractivity contribution is -0.139. The summed E-state index contributed by atoms with van der Waals surface area (Å²) < 4.78 is 13.1. The summed E-state index contributed by atoms with van der Waals surface area (Å²) >= 11 is 0. The number of carbonyl (C=O) groups excluding carboxylic acids is 1. The number of carbonyl (C=O) groups is 1. The van der Waals surface area contributed by atoms with Crippen molar-refractivity contribution < 1.29 is 9.18 Å². The van der Waals surface area contributed by atoms with Crippen molar-refractivity contribution in [3.63, 3.8) is 0 Å². The van der Waals surface area contributed by atoms with Gasteiger partial charge in [0.1, 0.15) is 5.82 Å². The van der Waals surface area contributed by atoms with Crippen molar-refractivity contribution in [1.82, 2.24) is 0 Å². The van der Waals surface area contributed by atoms with Gasteiger partial charge in [0.2, 0.25) is 5.91 Å². The number of benzene rings is 2. The van der Waals surface area contributed by atoms with E-state index in [9.17, 15) is 9.18 Å². The third-order valence-corrected chi connectivity index (χ3v) is 5.94. The Labute approximate surface area is 164 Å². The molecule has 0 heterocycles. The van der Waals surface area contributed by atoms with Crippen molar-refractivity contribution in [2.24, 2.45) is 11.3 Å². The number of amides is 1. The lowest BCUT2D eigenvalue weighted by Gasteiger charge is -2.61. The van der Waals surface area contributed by atoms with Crippen LogP contribution in [0.3, 0.4) is 0 Å². The molecule has 0 atom stereocenters. The number of hydrogen-bond acceptors (Lipinski definition) is 3. The Balaban J connectivity index is 1.44. The number of nitrogens with two attached hydrogens (primary N) is 1. The fourth-order valence-electron chi connectivity index (χ4n) is 4.43. The van der Waals surface area contributed by atoms with E-state index < -0.39 is 0 Å². The second-order valence-electron chi connectivity index (χ2n) is 8.16. The van der Waals surface area contributed by atoms with Gasteiger partial charge in [-0.05, 0) is 66.5 Å². The van der Waals surface area contributed by atoms with Crippen molar-refractivity contribution >= 4 is 23.0 Å². The van der Waals surface area contributed by atoms with Crippen molar-refractivity contribution in [2.45, 2.75) is 32.2 Å². The molecule has 0 aliphatic heterocycles. The second-order valence-corrected chi connectivity index (χ2v) is 8.16. The van der Waals surface area contributed by atoms with Crippen LogP contribution in [0.15, 0.2) is 42.5 Å². The fraction of sp³-hybridized carbons (Fsp3) is 0.348. The largest absolute Gasteiger partial charge is 0.397 e. The summed E-state index contributed by atoms with van der Waals surface area (Å²) in [5, 5.41) is 2.95. The van der Waals surface area contributed by atoms with E-state index in [1.807, 2.05) is 23.1 Å². The average Bonchev–Trinajstić information content (AvgIpc) is 2.60. The van der Waals surface area contributed by atoms with E-state index in [1.165, 1.54) is 31.4 Å². The van der Waals surface area contributed by atoms with Crippen LogP contribution in [0.25, 0.3) is 0 Å². The van der Waals surface area contributed by atoms with E-state index >= 15 is 0 Å². The molecule has 0 radical (unpaired) electrons. The topological polar surface area (TPSA) is 58.4 Å². The van der Waals surface area contributed by atoms with Gasteiger partial charge in [-0.3, -0.25) is 4.79 Å². The molecule has 5 heteroatoms. The van der Waals surface area contributed by atoms with Crippen LogP contribution in [0.4, 0.5) is 21.5 Å². The minimum atomic E-state index is -0.268. The number of nitrogens with zero attached hydrogens (tertiary/aromatic N) is 1. The second kappa shape index (κ2) is 7.20. The van der Waals surface area contributed by atoms with Gasteiger partial charge in [0, 0.05) is 18.7 Å². The molecule has 3 N–H and O–H groups in total. The van der Waals surface area contributed by atoms with Gasteiger partial charge < -0.3 is 16.0 Å². The van der Waals surface area contributed by atoms with Crippen molar-refractivity contribution in [2.75, 3.05) is 22.5 Å². The summed E-state index contributed by atoms with van der Waals surface area (Å²) in [5.41, 5.74) is 9.40. The number of nitrogens with one attached hydrogen (secondary N) is 1. The molecule has 3 aliphatic carbocycles. The molecule has 4 nitrogen and oxygen atoms in total. The van der Waals surface area contributed by atoms with Crippen LogP contribution in [0.5, 0.6) is 0 Å². The molecule has 144 valence electrons. The average molecular weight is 377 g/mol. The Hall–Kier alpha value is -3.00. The lowest BCUT2D eigenvalue weighted by Crippen LogP contribution is -2.53. The van der Waals surface area contributed by atoms with E-state index in [2.05, 4.69) is 11.2 Å². The molecule has 0 unspecified atom stereocenters. The fourth-order valence-corrected chi connectivity index (χ4v) is 4.43. The molecule has 3 saturated carbocycles. The van der Waals surface area contributed by atoms with E-state index in [4.69, 9.17) is 12.2 Å². The Bertz CT molecular complexity index is 915. The summed E-state index contributed by atoms with van der Waals surface area (Å²) in [7, 11) is 0. The first kappa shape index (κ1) is 18.4. The molecule has 2 aromatic rings. The highest BCUT2D eigenvalue weighted by Gasteiger charge is 2.56. The van der Waals surface area contributed by atoms with Crippen molar-refractivity contribution in [1.29, 1.82) is 0 Å². The molecular weight excluding hydrogens is 353 g/mol. The molecule has 3 fully saturated rings. The number of halogens is 1. The van der Waals surface area contributed by atoms with Gasteiger partial charge in [0.15, 0.2) is 0 Å². The van der Waals surface area contributed by atoms with E-state index in [1.54, 1.807) is 12.1 Å².